The highest BCUT2D eigenvalue weighted by Gasteiger charge is 2.09. The molecule has 0 unspecified atom stereocenters. The topological polar surface area (TPSA) is 37.3 Å². The normalized spacial score (nSPS) is 11.0. The molecule has 3 aromatic carbocycles. The maximum absolute atomic E-state index is 11.0. The van der Waals surface area contributed by atoms with E-state index in [-0.39, 0.29) is 6.42 Å². The van der Waals surface area contributed by atoms with Crippen LogP contribution in [0.5, 0.6) is 0 Å². The first-order valence-electron chi connectivity index (χ1n) is 6.28. The largest absolute Gasteiger partial charge is 0.481 e. The van der Waals surface area contributed by atoms with Crippen LogP contribution < -0.4 is 0 Å². The maximum atomic E-state index is 11.0. The van der Waals surface area contributed by atoms with Crippen LogP contribution >= 0.6 is 0 Å². The predicted octanol–water partition coefficient (Wildman–Crippen LogP) is 3.93. The molecule has 94 valence electrons. The Hall–Kier alpha value is -2.35. The van der Waals surface area contributed by atoms with Crippen LogP contribution in [-0.2, 0) is 11.2 Å². The Kier molecular flexibility index (Phi) is 2.71. The number of carboxylic acid groups (broad SMARTS) is 1. The van der Waals surface area contributed by atoms with E-state index in [4.69, 9.17) is 5.11 Å². The average Bonchev–Trinajstić information content (AvgIpc) is 2.40. The Morgan fingerprint density at radius 1 is 1.00 bits per heavy atom. The van der Waals surface area contributed by atoms with Gasteiger partial charge in [0.05, 0.1) is 6.42 Å². The Morgan fingerprint density at radius 3 is 2.37 bits per heavy atom. The first-order valence-corrected chi connectivity index (χ1v) is 6.28. The molecule has 0 spiro atoms. The van der Waals surface area contributed by atoms with Crippen molar-refractivity contribution in [2.24, 2.45) is 0 Å². The molecule has 0 atom stereocenters. The molecule has 0 aliphatic rings. The van der Waals surface area contributed by atoms with Crippen LogP contribution in [0.4, 0.5) is 0 Å². The number of carboxylic acids is 1. The molecule has 0 saturated carbocycles. The molecule has 0 saturated heterocycles. The van der Waals surface area contributed by atoms with Crippen LogP contribution in [0.2, 0.25) is 0 Å². The van der Waals surface area contributed by atoms with Crippen LogP contribution in [0.3, 0.4) is 0 Å². The maximum Gasteiger partial charge on any atom is 0.307 e. The van der Waals surface area contributed by atoms with E-state index < -0.39 is 5.97 Å². The van der Waals surface area contributed by atoms with Gasteiger partial charge >= 0.3 is 5.97 Å². The van der Waals surface area contributed by atoms with Crippen LogP contribution in [0.1, 0.15) is 11.1 Å². The Balaban J connectivity index is 2.37. The van der Waals surface area contributed by atoms with E-state index in [0.29, 0.717) is 0 Å². The number of aryl methyl sites for hydroxylation is 1. The van der Waals surface area contributed by atoms with Crippen molar-refractivity contribution < 1.29 is 9.90 Å². The highest BCUT2D eigenvalue weighted by molar-refractivity contribution is 6.00. The SMILES string of the molecule is Cc1ccc2cc3ccccc3cc2c1CC(=O)O. The third kappa shape index (κ3) is 2.06. The number of fused-ring (bicyclic) bond motifs is 2. The van der Waals surface area contributed by atoms with Gasteiger partial charge in [-0.25, -0.2) is 0 Å². The van der Waals surface area contributed by atoms with E-state index in [2.05, 4.69) is 30.3 Å². The molecule has 3 rings (SSSR count). The second-order valence-electron chi connectivity index (χ2n) is 4.85. The number of benzene rings is 3. The molecule has 2 nitrogen and oxygen atoms in total. The number of carbonyl (C=O) groups is 1. The quantitative estimate of drug-likeness (QED) is 0.700. The van der Waals surface area contributed by atoms with E-state index in [1.54, 1.807) is 0 Å². The minimum absolute atomic E-state index is 0.0709. The summed E-state index contributed by atoms with van der Waals surface area (Å²) in [5.74, 6) is -0.788. The summed E-state index contributed by atoms with van der Waals surface area (Å²) < 4.78 is 0. The van der Waals surface area contributed by atoms with Crippen molar-refractivity contribution in [3.63, 3.8) is 0 Å². The van der Waals surface area contributed by atoms with Crippen molar-refractivity contribution in [2.45, 2.75) is 13.3 Å². The molecule has 1 N–H and O–H groups in total. The minimum Gasteiger partial charge on any atom is -0.481 e. The first kappa shape index (κ1) is 11.7. The second kappa shape index (κ2) is 4.39. The molecule has 0 fully saturated rings. The molecule has 19 heavy (non-hydrogen) atoms. The monoisotopic (exact) mass is 250 g/mol. The molecule has 0 aliphatic heterocycles. The summed E-state index contributed by atoms with van der Waals surface area (Å²) in [5, 5.41) is 13.5. The summed E-state index contributed by atoms with van der Waals surface area (Å²) in [6.07, 6.45) is 0.0709. The third-order valence-electron chi connectivity index (χ3n) is 3.56. The van der Waals surface area contributed by atoms with E-state index in [1.807, 2.05) is 25.1 Å². The summed E-state index contributed by atoms with van der Waals surface area (Å²) in [7, 11) is 0. The third-order valence-corrected chi connectivity index (χ3v) is 3.56. The molecule has 0 heterocycles. The van der Waals surface area contributed by atoms with Crippen LogP contribution in [0.25, 0.3) is 21.5 Å². The van der Waals surface area contributed by atoms with Crippen LogP contribution in [0, 0.1) is 6.92 Å². The number of hydrogen-bond donors (Lipinski definition) is 1. The van der Waals surface area contributed by atoms with Crippen molar-refractivity contribution in [3.05, 3.63) is 59.7 Å². The van der Waals surface area contributed by atoms with Crippen LogP contribution in [0.15, 0.2) is 48.5 Å². The molecule has 0 amide bonds. The van der Waals surface area contributed by atoms with Gasteiger partial charge in [0.2, 0.25) is 0 Å². The Bertz CT molecular complexity index is 788. The second-order valence-corrected chi connectivity index (χ2v) is 4.85. The van der Waals surface area contributed by atoms with Gasteiger partial charge in [0.15, 0.2) is 0 Å². The van der Waals surface area contributed by atoms with Gasteiger partial charge in [-0.3, -0.25) is 4.79 Å². The lowest BCUT2D eigenvalue weighted by molar-refractivity contribution is -0.136. The van der Waals surface area contributed by atoms with Crippen molar-refractivity contribution in [3.8, 4) is 0 Å². The summed E-state index contributed by atoms with van der Waals surface area (Å²) in [6, 6.07) is 16.4. The van der Waals surface area contributed by atoms with Crippen molar-refractivity contribution in [1.82, 2.24) is 0 Å². The smallest absolute Gasteiger partial charge is 0.307 e. The summed E-state index contributed by atoms with van der Waals surface area (Å²) in [4.78, 5) is 11.0. The lowest BCUT2D eigenvalue weighted by Gasteiger charge is -2.10. The summed E-state index contributed by atoms with van der Waals surface area (Å²) >= 11 is 0. The zero-order valence-corrected chi connectivity index (χ0v) is 10.7. The molecule has 3 aromatic rings. The van der Waals surface area contributed by atoms with Gasteiger partial charge in [-0.1, -0.05) is 36.4 Å². The molecule has 0 aromatic heterocycles. The van der Waals surface area contributed by atoms with E-state index in [0.717, 1.165) is 27.3 Å². The minimum atomic E-state index is -0.788. The van der Waals surface area contributed by atoms with Gasteiger partial charge in [0.1, 0.15) is 0 Å². The fourth-order valence-electron chi connectivity index (χ4n) is 2.57. The fourth-order valence-corrected chi connectivity index (χ4v) is 2.57. The van der Waals surface area contributed by atoms with Gasteiger partial charge in [-0.05, 0) is 51.7 Å². The summed E-state index contributed by atoms with van der Waals surface area (Å²) in [5.41, 5.74) is 1.95. The van der Waals surface area contributed by atoms with Crippen molar-refractivity contribution in [1.29, 1.82) is 0 Å². The molecular weight excluding hydrogens is 236 g/mol. The van der Waals surface area contributed by atoms with Crippen molar-refractivity contribution in [2.75, 3.05) is 0 Å². The predicted molar refractivity (Wildman–Crippen MR) is 77.5 cm³/mol. The number of hydrogen-bond acceptors (Lipinski definition) is 1. The Morgan fingerprint density at radius 2 is 1.68 bits per heavy atom. The average molecular weight is 250 g/mol. The van der Waals surface area contributed by atoms with Gasteiger partial charge < -0.3 is 5.11 Å². The fraction of sp³-hybridized carbons (Fsp3) is 0.118. The Labute approximate surface area is 111 Å². The molecule has 0 radical (unpaired) electrons. The lowest BCUT2D eigenvalue weighted by atomic mass is 9.95. The van der Waals surface area contributed by atoms with Gasteiger partial charge in [-0.2, -0.15) is 0 Å². The number of aliphatic carboxylic acids is 1. The zero-order chi connectivity index (χ0) is 13.4. The first-order chi connectivity index (χ1) is 9.15. The standard InChI is InChI=1S/C17H14O2/c1-11-6-7-14-8-12-4-2-3-5-13(12)9-16(14)15(11)10-17(18)19/h2-9H,10H2,1H3,(H,18,19). The number of rotatable bonds is 2. The highest BCUT2D eigenvalue weighted by atomic mass is 16.4. The molecular formula is C17H14O2. The highest BCUT2D eigenvalue weighted by Crippen LogP contribution is 2.27. The van der Waals surface area contributed by atoms with E-state index in [1.165, 1.54) is 5.39 Å². The lowest BCUT2D eigenvalue weighted by Crippen LogP contribution is -2.02. The van der Waals surface area contributed by atoms with Crippen molar-refractivity contribution >= 4 is 27.5 Å². The summed E-state index contributed by atoms with van der Waals surface area (Å²) in [6.45, 7) is 1.97. The zero-order valence-electron chi connectivity index (χ0n) is 10.7. The van der Waals surface area contributed by atoms with Gasteiger partial charge in [0.25, 0.3) is 0 Å². The molecule has 2 heteroatoms. The molecule has 0 bridgehead atoms. The van der Waals surface area contributed by atoms with Gasteiger partial charge in [-0.15, -0.1) is 0 Å². The van der Waals surface area contributed by atoms with E-state index in [9.17, 15) is 4.79 Å². The van der Waals surface area contributed by atoms with Gasteiger partial charge in [0, 0.05) is 0 Å². The van der Waals surface area contributed by atoms with E-state index >= 15 is 0 Å². The van der Waals surface area contributed by atoms with Crippen LogP contribution in [-0.4, -0.2) is 11.1 Å². The molecule has 0 aliphatic carbocycles.